The molecule has 0 radical (unpaired) electrons. The predicted octanol–water partition coefficient (Wildman–Crippen LogP) is 3.72. The molecule has 3 rings (SSSR count). The molecule has 1 saturated heterocycles. The highest BCUT2D eigenvalue weighted by atomic mass is 16.3. The second-order valence-corrected chi connectivity index (χ2v) is 8.42. The van der Waals surface area contributed by atoms with E-state index in [0.717, 1.165) is 12.8 Å². The van der Waals surface area contributed by atoms with Gasteiger partial charge in [0.2, 0.25) is 0 Å². The normalized spacial score (nSPS) is 15.3. The Morgan fingerprint density at radius 1 is 1.00 bits per heavy atom. The van der Waals surface area contributed by atoms with Crippen LogP contribution in [0.2, 0.25) is 0 Å². The van der Waals surface area contributed by atoms with Crippen molar-refractivity contribution in [3.05, 3.63) is 65.2 Å². The van der Waals surface area contributed by atoms with Crippen LogP contribution in [0.25, 0.3) is 0 Å². The predicted molar refractivity (Wildman–Crippen MR) is 110 cm³/mol. The zero-order chi connectivity index (χ0) is 20.3. The van der Waals surface area contributed by atoms with E-state index in [9.17, 15) is 14.7 Å². The molecule has 2 N–H and O–H groups in total. The minimum Gasteiger partial charge on any atom is -0.508 e. The summed E-state index contributed by atoms with van der Waals surface area (Å²) >= 11 is 0. The average molecular weight is 380 g/mol. The van der Waals surface area contributed by atoms with E-state index in [1.165, 1.54) is 17.7 Å². The van der Waals surface area contributed by atoms with Crippen molar-refractivity contribution in [3.63, 3.8) is 0 Å². The Kier molecular flexibility index (Phi) is 5.73. The molecule has 1 heterocycles. The Morgan fingerprint density at radius 3 is 2.21 bits per heavy atom. The quantitative estimate of drug-likeness (QED) is 0.853. The number of benzene rings is 2. The van der Waals surface area contributed by atoms with E-state index in [4.69, 9.17) is 0 Å². The number of piperidine rings is 1. The van der Waals surface area contributed by atoms with Gasteiger partial charge >= 0.3 is 0 Å². The van der Waals surface area contributed by atoms with Gasteiger partial charge in [-0.2, -0.15) is 0 Å². The Labute approximate surface area is 166 Å². The molecule has 2 amide bonds. The van der Waals surface area contributed by atoms with Gasteiger partial charge in [0.15, 0.2) is 0 Å². The van der Waals surface area contributed by atoms with Crippen LogP contribution >= 0.6 is 0 Å². The average Bonchev–Trinajstić information content (AvgIpc) is 2.67. The molecule has 1 aliphatic heterocycles. The molecule has 2 aromatic carbocycles. The Morgan fingerprint density at radius 2 is 1.64 bits per heavy atom. The van der Waals surface area contributed by atoms with Gasteiger partial charge in [0.05, 0.1) is 0 Å². The third-order valence-electron chi connectivity index (χ3n) is 5.22. The summed E-state index contributed by atoms with van der Waals surface area (Å²) in [5.41, 5.74) is 2.42. The van der Waals surface area contributed by atoms with E-state index in [-0.39, 0.29) is 29.0 Å². The standard InChI is InChI=1S/C23H28N2O3/c1-23(2,3)18-9-7-16(8-10-18)22(28)25-13-11-19(12-14-25)24-21(27)17-5-4-6-20(26)15-17/h4-10,15,19,26H,11-14H2,1-3H3,(H,24,27). The summed E-state index contributed by atoms with van der Waals surface area (Å²) in [5, 5.41) is 12.5. The lowest BCUT2D eigenvalue weighted by Crippen LogP contribution is -2.46. The van der Waals surface area contributed by atoms with Crippen LogP contribution in [-0.4, -0.2) is 41.0 Å². The lowest BCUT2D eigenvalue weighted by atomic mass is 9.86. The van der Waals surface area contributed by atoms with E-state index < -0.39 is 0 Å². The fraction of sp³-hybridized carbons (Fsp3) is 0.391. The summed E-state index contributed by atoms with van der Waals surface area (Å²) < 4.78 is 0. The SMILES string of the molecule is CC(C)(C)c1ccc(C(=O)N2CCC(NC(=O)c3cccc(O)c3)CC2)cc1. The van der Waals surface area contributed by atoms with Crippen molar-refractivity contribution in [1.82, 2.24) is 10.2 Å². The molecule has 1 fully saturated rings. The lowest BCUT2D eigenvalue weighted by Gasteiger charge is -2.32. The van der Waals surface area contributed by atoms with Crippen LogP contribution in [0.15, 0.2) is 48.5 Å². The van der Waals surface area contributed by atoms with Crippen LogP contribution in [0.1, 0.15) is 59.9 Å². The highest BCUT2D eigenvalue weighted by Gasteiger charge is 2.25. The molecule has 2 aromatic rings. The van der Waals surface area contributed by atoms with Crippen LogP contribution < -0.4 is 5.32 Å². The zero-order valence-corrected chi connectivity index (χ0v) is 16.7. The van der Waals surface area contributed by atoms with Crippen molar-refractivity contribution < 1.29 is 14.7 Å². The van der Waals surface area contributed by atoms with Gasteiger partial charge < -0.3 is 15.3 Å². The number of hydrogen-bond donors (Lipinski definition) is 2. The number of phenolic OH excluding ortho intramolecular Hbond substituents is 1. The van der Waals surface area contributed by atoms with E-state index in [1.54, 1.807) is 12.1 Å². The van der Waals surface area contributed by atoms with E-state index >= 15 is 0 Å². The monoisotopic (exact) mass is 380 g/mol. The second kappa shape index (κ2) is 8.05. The maximum Gasteiger partial charge on any atom is 0.253 e. The van der Waals surface area contributed by atoms with E-state index in [1.807, 2.05) is 29.2 Å². The van der Waals surface area contributed by atoms with Crippen molar-refractivity contribution >= 4 is 11.8 Å². The molecule has 0 spiro atoms. The maximum absolute atomic E-state index is 12.8. The lowest BCUT2D eigenvalue weighted by molar-refractivity contribution is 0.0698. The van der Waals surface area contributed by atoms with Gasteiger partial charge in [-0.15, -0.1) is 0 Å². The molecule has 0 unspecified atom stereocenters. The van der Waals surface area contributed by atoms with Crippen molar-refractivity contribution in [1.29, 1.82) is 0 Å². The summed E-state index contributed by atoms with van der Waals surface area (Å²) in [6.07, 6.45) is 1.44. The largest absolute Gasteiger partial charge is 0.508 e. The summed E-state index contributed by atoms with van der Waals surface area (Å²) in [6, 6.07) is 14.2. The van der Waals surface area contributed by atoms with Crippen LogP contribution in [0.3, 0.4) is 0 Å². The first-order chi connectivity index (χ1) is 13.2. The first kappa shape index (κ1) is 19.9. The van der Waals surface area contributed by atoms with Gasteiger partial charge in [0.1, 0.15) is 5.75 Å². The molecule has 0 aromatic heterocycles. The highest BCUT2D eigenvalue weighted by Crippen LogP contribution is 2.23. The Bertz CT molecular complexity index is 845. The molecule has 5 nitrogen and oxygen atoms in total. The molecule has 28 heavy (non-hydrogen) atoms. The van der Waals surface area contributed by atoms with Crippen LogP contribution in [0, 0.1) is 0 Å². The summed E-state index contributed by atoms with van der Waals surface area (Å²) in [4.78, 5) is 26.9. The Hall–Kier alpha value is -2.82. The number of likely N-dealkylation sites (tertiary alicyclic amines) is 1. The first-order valence-electron chi connectivity index (χ1n) is 9.74. The number of nitrogens with zero attached hydrogens (tertiary/aromatic N) is 1. The number of carbonyl (C=O) groups excluding carboxylic acids is 2. The molecule has 0 atom stereocenters. The number of aromatic hydroxyl groups is 1. The minimum absolute atomic E-state index is 0.0298. The molecule has 1 aliphatic rings. The molecule has 0 saturated carbocycles. The molecule has 0 bridgehead atoms. The number of hydrogen-bond acceptors (Lipinski definition) is 3. The first-order valence-corrected chi connectivity index (χ1v) is 9.74. The van der Waals surface area contributed by atoms with Crippen molar-refractivity contribution in [2.45, 2.75) is 45.1 Å². The van der Waals surface area contributed by atoms with Gasteiger partial charge in [0.25, 0.3) is 11.8 Å². The van der Waals surface area contributed by atoms with Crippen LogP contribution in [-0.2, 0) is 5.41 Å². The maximum atomic E-state index is 12.8. The molecular formula is C23H28N2O3. The summed E-state index contributed by atoms with van der Waals surface area (Å²) in [5.74, 6) is -0.0813. The number of phenols is 1. The molecule has 5 heteroatoms. The second-order valence-electron chi connectivity index (χ2n) is 8.42. The van der Waals surface area contributed by atoms with Crippen molar-refractivity contribution in [3.8, 4) is 5.75 Å². The Balaban J connectivity index is 1.54. The molecule has 148 valence electrons. The fourth-order valence-corrected chi connectivity index (χ4v) is 3.44. The van der Waals surface area contributed by atoms with Gasteiger partial charge in [-0.25, -0.2) is 0 Å². The molecule has 0 aliphatic carbocycles. The van der Waals surface area contributed by atoms with Gasteiger partial charge in [-0.1, -0.05) is 39.0 Å². The smallest absolute Gasteiger partial charge is 0.253 e. The van der Waals surface area contributed by atoms with Crippen LogP contribution in [0.4, 0.5) is 0 Å². The topological polar surface area (TPSA) is 69.6 Å². The number of nitrogens with one attached hydrogen (secondary N) is 1. The highest BCUT2D eigenvalue weighted by molar-refractivity contribution is 5.95. The van der Waals surface area contributed by atoms with Gasteiger partial charge in [-0.3, -0.25) is 9.59 Å². The summed E-state index contributed by atoms with van der Waals surface area (Å²) in [7, 11) is 0. The van der Waals surface area contributed by atoms with Crippen molar-refractivity contribution in [2.75, 3.05) is 13.1 Å². The fourth-order valence-electron chi connectivity index (χ4n) is 3.44. The van der Waals surface area contributed by atoms with E-state index in [0.29, 0.717) is 24.2 Å². The summed E-state index contributed by atoms with van der Waals surface area (Å²) in [6.45, 7) is 7.69. The van der Waals surface area contributed by atoms with E-state index in [2.05, 4.69) is 26.1 Å². The minimum atomic E-state index is -0.196. The number of rotatable bonds is 3. The van der Waals surface area contributed by atoms with Crippen LogP contribution in [0.5, 0.6) is 5.75 Å². The van der Waals surface area contributed by atoms with Gasteiger partial charge in [0, 0.05) is 30.3 Å². The third kappa shape index (κ3) is 4.71. The number of carbonyl (C=O) groups is 2. The number of amides is 2. The van der Waals surface area contributed by atoms with Gasteiger partial charge in [-0.05, 0) is 54.2 Å². The van der Waals surface area contributed by atoms with Crippen molar-refractivity contribution in [2.24, 2.45) is 0 Å². The molecular weight excluding hydrogens is 352 g/mol. The third-order valence-corrected chi connectivity index (χ3v) is 5.22. The zero-order valence-electron chi connectivity index (χ0n) is 16.7.